The maximum atomic E-state index is 12.3. The van der Waals surface area contributed by atoms with E-state index < -0.39 is 5.56 Å². The van der Waals surface area contributed by atoms with Crippen LogP contribution in [0.4, 0.5) is 5.95 Å². The third kappa shape index (κ3) is 5.32. The number of ether oxygens (including phenoxy) is 1. The van der Waals surface area contributed by atoms with Gasteiger partial charge in [0.05, 0.1) is 11.9 Å². The molecule has 162 valence electrons. The fourth-order valence-corrected chi connectivity index (χ4v) is 3.19. The molecule has 0 bridgehead atoms. The van der Waals surface area contributed by atoms with Crippen LogP contribution < -0.4 is 15.7 Å². The van der Waals surface area contributed by atoms with Gasteiger partial charge in [-0.15, -0.1) is 0 Å². The Balaban J connectivity index is 1.51. The number of aromatic amines is 1. The number of hydrazone groups is 1. The number of nitriles is 1. The van der Waals surface area contributed by atoms with Gasteiger partial charge in [0.15, 0.2) is 0 Å². The summed E-state index contributed by atoms with van der Waals surface area (Å²) in [6.45, 7) is 2.45. The first-order chi connectivity index (χ1) is 16.1. The Bertz CT molecular complexity index is 1370. The standard InChI is InChI=1S/C26H21N5O2/c1-18-12-13-20(14-23(18)33-17-19-8-4-2-5-9-19)16-28-31-26-29-24(21-10-6-3-7-11-21)22(15-27)25(32)30-26/h2-14,16H,17H2,1H3,(H2,29,30,31,32). The van der Waals surface area contributed by atoms with E-state index in [0.29, 0.717) is 17.9 Å². The van der Waals surface area contributed by atoms with Gasteiger partial charge in [-0.25, -0.2) is 10.4 Å². The molecule has 7 heteroatoms. The van der Waals surface area contributed by atoms with E-state index >= 15 is 0 Å². The molecule has 7 nitrogen and oxygen atoms in total. The lowest BCUT2D eigenvalue weighted by Gasteiger charge is -2.10. The summed E-state index contributed by atoms with van der Waals surface area (Å²) in [5.41, 5.74) is 6.05. The minimum Gasteiger partial charge on any atom is -0.489 e. The molecule has 2 N–H and O–H groups in total. The van der Waals surface area contributed by atoms with E-state index in [4.69, 9.17) is 4.74 Å². The molecule has 0 spiro atoms. The Morgan fingerprint density at radius 3 is 2.55 bits per heavy atom. The number of aryl methyl sites for hydroxylation is 1. The van der Waals surface area contributed by atoms with Crippen LogP contribution >= 0.6 is 0 Å². The van der Waals surface area contributed by atoms with Crippen molar-refractivity contribution < 1.29 is 4.74 Å². The van der Waals surface area contributed by atoms with Gasteiger partial charge in [-0.2, -0.15) is 10.4 Å². The van der Waals surface area contributed by atoms with Crippen molar-refractivity contribution in [2.24, 2.45) is 5.10 Å². The summed E-state index contributed by atoms with van der Waals surface area (Å²) in [6, 6.07) is 26.7. The molecule has 0 unspecified atom stereocenters. The summed E-state index contributed by atoms with van der Waals surface area (Å²) in [4.78, 5) is 19.3. The van der Waals surface area contributed by atoms with Gasteiger partial charge in [0.25, 0.3) is 5.56 Å². The van der Waals surface area contributed by atoms with Gasteiger partial charge < -0.3 is 4.74 Å². The van der Waals surface area contributed by atoms with Crippen LogP contribution in [-0.2, 0) is 6.61 Å². The highest BCUT2D eigenvalue weighted by Crippen LogP contribution is 2.21. The highest BCUT2D eigenvalue weighted by atomic mass is 16.5. The molecule has 0 atom stereocenters. The van der Waals surface area contributed by atoms with E-state index in [1.54, 1.807) is 18.3 Å². The Morgan fingerprint density at radius 1 is 1.09 bits per heavy atom. The van der Waals surface area contributed by atoms with Crippen molar-refractivity contribution in [2.45, 2.75) is 13.5 Å². The highest BCUT2D eigenvalue weighted by molar-refractivity contribution is 5.81. The van der Waals surface area contributed by atoms with Crippen LogP contribution in [0, 0.1) is 18.3 Å². The van der Waals surface area contributed by atoms with E-state index in [-0.39, 0.29) is 11.5 Å². The smallest absolute Gasteiger partial charge is 0.270 e. The molecule has 0 aliphatic rings. The van der Waals surface area contributed by atoms with Crippen LogP contribution in [0.15, 0.2) is 88.8 Å². The van der Waals surface area contributed by atoms with E-state index in [0.717, 1.165) is 22.4 Å². The molecule has 4 rings (SSSR count). The summed E-state index contributed by atoms with van der Waals surface area (Å²) in [5, 5.41) is 13.6. The van der Waals surface area contributed by atoms with Crippen LogP contribution in [0.1, 0.15) is 22.3 Å². The molecule has 0 aliphatic heterocycles. The predicted molar refractivity (Wildman–Crippen MR) is 128 cm³/mol. The van der Waals surface area contributed by atoms with E-state index in [1.165, 1.54) is 0 Å². The summed E-state index contributed by atoms with van der Waals surface area (Å²) in [5.74, 6) is 0.904. The van der Waals surface area contributed by atoms with Gasteiger partial charge in [-0.1, -0.05) is 72.8 Å². The third-order valence-corrected chi connectivity index (χ3v) is 4.91. The number of hydrogen-bond acceptors (Lipinski definition) is 6. The number of hydrogen-bond donors (Lipinski definition) is 2. The Kier molecular flexibility index (Phi) is 6.57. The first-order valence-electron chi connectivity index (χ1n) is 10.3. The van der Waals surface area contributed by atoms with Crippen LogP contribution in [0.5, 0.6) is 5.75 Å². The van der Waals surface area contributed by atoms with Gasteiger partial charge in [-0.05, 0) is 29.7 Å². The number of anilines is 1. The fourth-order valence-electron chi connectivity index (χ4n) is 3.19. The molecule has 0 fully saturated rings. The van der Waals surface area contributed by atoms with Crippen LogP contribution in [0.25, 0.3) is 11.3 Å². The van der Waals surface area contributed by atoms with Crippen molar-refractivity contribution in [1.29, 1.82) is 5.26 Å². The minimum absolute atomic E-state index is 0.0468. The molecule has 0 radical (unpaired) electrons. The summed E-state index contributed by atoms with van der Waals surface area (Å²) in [6.07, 6.45) is 1.61. The maximum Gasteiger partial charge on any atom is 0.270 e. The molecule has 0 aliphatic carbocycles. The lowest BCUT2D eigenvalue weighted by molar-refractivity contribution is 0.304. The number of nitrogens with zero attached hydrogens (tertiary/aromatic N) is 3. The fraction of sp³-hybridized carbons (Fsp3) is 0.0769. The molecule has 0 amide bonds. The molecule has 4 aromatic rings. The molecule has 33 heavy (non-hydrogen) atoms. The van der Waals surface area contributed by atoms with Crippen LogP contribution in [-0.4, -0.2) is 16.2 Å². The zero-order valence-electron chi connectivity index (χ0n) is 17.9. The molecule has 1 heterocycles. The molecule has 3 aromatic carbocycles. The molecule has 0 saturated heterocycles. The Labute approximate surface area is 191 Å². The normalized spacial score (nSPS) is 10.7. The average molecular weight is 435 g/mol. The number of aromatic nitrogens is 2. The first-order valence-corrected chi connectivity index (χ1v) is 10.3. The Hall–Kier alpha value is -4.70. The lowest BCUT2D eigenvalue weighted by atomic mass is 10.1. The van der Waals surface area contributed by atoms with Crippen molar-refractivity contribution >= 4 is 12.2 Å². The topological polar surface area (TPSA) is 103 Å². The number of rotatable bonds is 7. The second-order valence-corrected chi connectivity index (χ2v) is 7.29. The third-order valence-electron chi connectivity index (χ3n) is 4.91. The minimum atomic E-state index is -0.531. The largest absolute Gasteiger partial charge is 0.489 e. The van der Waals surface area contributed by atoms with Gasteiger partial charge in [0.2, 0.25) is 5.95 Å². The summed E-state index contributed by atoms with van der Waals surface area (Å²) >= 11 is 0. The number of H-pyrrole nitrogens is 1. The maximum absolute atomic E-state index is 12.3. The van der Waals surface area contributed by atoms with Gasteiger partial charge in [-0.3, -0.25) is 9.78 Å². The monoisotopic (exact) mass is 435 g/mol. The molecule has 1 aromatic heterocycles. The van der Waals surface area contributed by atoms with Crippen molar-refractivity contribution in [3.8, 4) is 23.1 Å². The van der Waals surface area contributed by atoms with E-state index in [2.05, 4.69) is 20.5 Å². The highest BCUT2D eigenvalue weighted by Gasteiger charge is 2.12. The zero-order valence-corrected chi connectivity index (χ0v) is 17.9. The molecular formula is C26H21N5O2. The molecular weight excluding hydrogens is 414 g/mol. The van der Waals surface area contributed by atoms with E-state index in [1.807, 2.05) is 79.7 Å². The average Bonchev–Trinajstić information content (AvgIpc) is 2.85. The van der Waals surface area contributed by atoms with Gasteiger partial charge in [0, 0.05) is 5.56 Å². The number of benzene rings is 3. The van der Waals surface area contributed by atoms with Crippen molar-refractivity contribution in [2.75, 3.05) is 5.43 Å². The zero-order chi connectivity index (χ0) is 23.0. The van der Waals surface area contributed by atoms with Crippen LogP contribution in [0.2, 0.25) is 0 Å². The van der Waals surface area contributed by atoms with Crippen molar-refractivity contribution in [3.05, 3.63) is 111 Å². The lowest BCUT2D eigenvalue weighted by Crippen LogP contribution is -2.16. The van der Waals surface area contributed by atoms with Gasteiger partial charge >= 0.3 is 0 Å². The summed E-state index contributed by atoms with van der Waals surface area (Å²) < 4.78 is 5.96. The van der Waals surface area contributed by atoms with Crippen LogP contribution in [0.3, 0.4) is 0 Å². The second kappa shape index (κ2) is 10.1. The van der Waals surface area contributed by atoms with Gasteiger partial charge in [0.1, 0.15) is 24.0 Å². The summed E-state index contributed by atoms with van der Waals surface area (Å²) in [7, 11) is 0. The van der Waals surface area contributed by atoms with Crippen molar-refractivity contribution in [1.82, 2.24) is 9.97 Å². The van der Waals surface area contributed by atoms with E-state index in [9.17, 15) is 10.1 Å². The molecule has 0 saturated carbocycles. The SMILES string of the molecule is Cc1ccc(C=NNc2nc(-c3ccccc3)c(C#N)c(=O)[nH]2)cc1OCc1ccccc1. The van der Waals surface area contributed by atoms with Crippen molar-refractivity contribution in [3.63, 3.8) is 0 Å². The predicted octanol–water partition coefficient (Wildman–Crippen LogP) is 4.64. The second-order valence-electron chi connectivity index (χ2n) is 7.29. The number of nitrogens with one attached hydrogen (secondary N) is 2. The first kappa shape index (κ1) is 21.5. The Morgan fingerprint density at radius 2 is 1.82 bits per heavy atom. The quantitative estimate of drug-likeness (QED) is 0.325.